The highest BCUT2D eigenvalue weighted by Gasteiger charge is 1.97. The molecule has 0 unspecified atom stereocenters. The first-order valence-corrected chi connectivity index (χ1v) is 6.68. The van der Waals surface area contributed by atoms with E-state index < -0.39 is 0 Å². The van der Waals surface area contributed by atoms with E-state index in [1.807, 2.05) is 72.8 Å². The number of hydrogen-bond acceptors (Lipinski definition) is 3. The van der Waals surface area contributed by atoms with E-state index in [-0.39, 0.29) is 0 Å². The molecule has 0 saturated heterocycles. The Balaban J connectivity index is 1.69. The second-order valence-electron chi connectivity index (χ2n) is 4.43. The quantitative estimate of drug-likeness (QED) is 0.631. The number of nitrogens with zero attached hydrogens (tertiary/aromatic N) is 2. The van der Waals surface area contributed by atoms with Crippen LogP contribution in [0.1, 0.15) is 11.5 Å². The van der Waals surface area contributed by atoms with E-state index in [2.05, 4.69) is 9.98 Å². The molecule has 0 saturated carbocycles. The average Bonchev–Trinajstić information content (AvgIpc) is 3.01. The lowest BCUT2D eigenvalue weighted by Gasteiger charge is -1.91. The molecule has 0 aliphatic heterocycles. The van der Waals surface area contributed by atoms with Crippen LogP contribution in [-0.2, 0) is 0 Å². The summed E-state index contributed by atoms with van der Waals surface area (Å²) in [5.41, 5.74) is 1.79. The third kappa shape index (κ3) is 3.76. The lowest BCUT2D eigenvalue weighted by Crippen LogP contribution is -1.76. The van der Waals surface area contributed by atoms with Crippen molar-refractivity contribution in [1.82, 2.24) is 0 Å². The second-order valence-corrected chi connectivity index (χ2v) is 4.43. The first-order chi connectivity index (χ1) is 10.4. The standard InChI is InChI=1S/C18H14N2O/c1-3-7-15(8-4-1)19-13-17-11-12-18(21-17)14-20-16-9-5-2-6-10-16/h1-14H. The molecule has 0 aliphatic carbocycles. The summed E-state index contributed by atoms with van der Waals surface area (Å²) in [6.45, 7) is 0. The lowest BCUT2D eigenvalue weighted by molar-refractivity contribution is 0.553. The van der Waals surface area contributed by atoms with Crippen LogP contribution in [0.4, 0.5) is 11.4 Å². The number of rotatable bonds is 4. The highest BCUT2D eigenvalue weighted by molar-refractivity contribution is 5.83. The van der Waals surface area contributed by atoms with Crippen molar-refractivity contribution in [1.29, 1.82) is 0 Å². The van der Waals surface area contributed by atoms with Gasteiger partial charge in [-0.3, -0.25) is 9.98 Å². The molecule has 1 heterocycles. The molecule has 3 aromatic rings. The largest absolute Gasteiger partial charge is 0.454 e. The van der Waals surface area contributed by atoms with Gasteiger partial charge in [-0.15, -0.1) is 0 Å². The Kier molecular flexibility index (Phi) is 4.03. The van der Waals surface area contributed by atoms with Crippen LogP contribution in [0.15, 0.2) is 87.2 Å². The van der Waals surface area contributed by atoms with Gasteiger partial charge in [-0.25, -0.2) is 0 Å². The van der Waals surface area contributed by atoms with E-state index in [1.165, 1.54) is 0 Å². The highest BCUT2D eigenvalue weighted by atomic mass is 16.3. The minimum atomic E-state index is 0.702. The van der Waals surface area contributed by atoms with Gasteiger partial charge < -0.3 is 4.42 Å². The first kappa shape index (κ1) is 13.1. The Hall–Kier alpha value is -2.94. The van der Waals surface area contributed by atoms with Gasteiger partial charge in [0.1, 0.15) is 11.5 Å². The monoisotopic (exact) mass is 274 g/mol. The molecule has 0 N–H and O–H groups in total. The van der Waals surface area contributed by atoms with Crippen LogP contribution < -0.4 is 0 Å². The van der Waals surface area contributed by atoms with E-state index in [1.54, 1.807) is 12.4 Å². The molecule has 0 aliphatic rings. The van der Waals surface area contributed by atoms with Crippen molar-refractivity contribution in [2.24, 2.45) is 9.98 Å². The van der Waals surface area contributed by atoms with Gasteiger partial charge >= 0.3 is 0 Å². The minimum absolute atomic E-state index is 0.702. The summed E-state index contributed by atoms with van der Waals surface area (Å²) in [5, 5.41) is 0. The molecule has 0 spiro atoms. The fourth-order valence-electron chi connectivity index (χ4n) is 1.81. The average molecular weight is 274 g/mol. The van der Waals surface area contributed by atoms with E-state index in [0.717, 1.165) is 11.4 Å². The topological polar surface area (TPSA) is 37.9 Å². The molecule has 21 heavy (non-hydrogen) atoms. The van der Waals surface area contributed by atoms with Crippen LogP contribution in [0, 0.1) is 0 Å². The molecular weight excluding hydrogens is 260 g/mol. The van der Waals surface area contributed by atoms with E-state index in [9.17, 15) is 0 Å². The summed E-state index contributed by atoms with van der Waals surface area (Å²) >= 11 is 0. The van der Waals surface area contributed by atoms with Gasteiger partial charge in [0.2, 0.25) is 0 Å². The molecule has 0 bridgehead atoms. The van der Waals surface area contributed by atoms with Crippen molar-refractivity contribution in [3.05, 3.63) is 84.3 Å². The maximum absolute atomic E-state index is 5.63. The molecule has 0 atom stereocenters. The molecule has 2 aromatic carbocycles. The first-order valence-electron chi connectivity index (χ1n) is 6.68. The summed E-state index contributed by atoms with van der Waals surface area (Å²) in [6, 6.07) is 23.2. The summed E-state index contributed by atoms with van der Waals surface area (Å²) in [7, 11) is 0. The highest BCUT2D eigenvalue weighted by Crippen LogP contribution is 2.12. The number of aliphatic imine (C=N–C) groups is 2. The maximum atomic E-state index is 5.63. The Bertz CT molecular complexity index is 679. The van der Waals surface area contributed by atoms with Gasteiger partial charge in [0.25, 0.3) is 0 Å². The molecule has 3 heteroatoms. The van der Waals surface area contributed by atoms with Gasteiger partial charge in [-0.05, 0) is 36.4 Å². The molecule has 0 amide bonds. The van der Waals surface area contributed by atoms with Gasteiger partial charge in [-0.2, -0.15) is 0 Å². The fraction of sp³-hybridized carbons (Fsp3) is 0. The smallest absolute Gasteiger partial charge is 0.145 e. The zero-order valence-electron chi connectivity index (χ0n) is 11.4. The maximum Gasteiger partial charge on any atom is 0.145 e. The molecule has 0 radical (unpaired) electrons. The van der Waals surface area contributed by atoms with E-state index >= 15 is 0 Å². The van der Waals surface area contributed by atoms with Crippen LogP contribution in [0.3, 0.4) is 0 Å². The number of furan rings is 1. The Morgan fingerprint density at radius 3 is 1.43 bits per heavy atom. The summed E-state index contributed by atoms with van der Waals surface area (Å²) in [5.74, 6) is 1.40. The predicted molar refractivity (Wildman–Crippen MR) is 86.1 cm³/mol. The number of para-hydroxylation sites is 2. The zero-order valence-corrected chi connectivity index (χ0v) is 11.4. The van der Waals surface area contributed by atoms with Gasteiger partial charge in [0, 0.05) is 0 Å². The third-order valence-corrected chi connectivity index (χ3v) is 2.84. The Morgan fingerprint density at radius 2 is 1.00 bits per heavy atom. The SMILES string of the molecule is C(=Nc1ccccc1)c1ccc(C=Nc2ccccc2)o1. The van der Waals surface area contributed by atoms with Gasteiger partial charge in [0.15, 0.2) is 0 Å². The molecule has 1 aromatic heterocycles. The molecule has 3 rings (SSSR count). The fourth-order valence-corrected chi connectivity index (χ4v) is 1.81. The van der Waals surface area contributed by atoms with Crippen LogP contribution in [-0.4, -0.2) is 12.4 Å². The summed E-state index contributed by atoms with van der Waals surface area (Å²) < 4.78 is 5.63. The van der Waals surface area contributed by atoms with Gasteiger partial charge in [0.05, 0.1) is 23.8 Å². The molecule has 0 fully saturated rings. The van der Waals surface area contributed by atoms with Crippen molar-refractivity contribution in [3.8, 4) is 0 Å². The lowest BCUT2D eigenvalue weighted by atomic mass is 10.3. The van der Waals surface area contributed by atoms with Crippen molar-refractivity contribution < 1.29 is 4.42 Å². The van der Waals surface area contributed by atoms with Crippen LogP contribution in [0.25, 0.3) is 0 Å². The van der Waals surface area contributed by atoms with E-state index in [4.69, 9.17) is 4.42 Å². The number of benzene rings is 2. The Labute approximate surface area is 123 Å². The molecule has 102 valence electrons. The van der Waals surface area contributed by atoms with Crippen molar-refractivity contribution in [3.63, 3.8) is 0 Å². The zero-order chi connectivity index (χ0) is 14.3. The number of hydrogen-bond donors (Lipinski definition) is 0. The molecular formula is C18H14N2O. The third-order valence-electron chi connectivity index (χ3n) is 2.84. The van der Waals surface area contributed by atoms with Crippen LogP contribution in [0.2, 0.25) is 0 Å². The Morgan fingerprint density at radius 1 is 0.571 bits per heavy atom. The van der Waals surface area contributed by atoms with Crippen LogP contribution in [0.5, 0.6) is 0 Å². The minimum Gasteiger partial charge on any atom is -0.454 e. The van der Waals surface area contributed by atoms with Crippen LogP contribution >= 0.6 is 0 Å². The predicted octanol–water partition coefficient (Wildman–Crippen LogP) is 4.78. The summed E-state index contributed by atoms with van der Waals surface area (Å²) in [4.78, 5) is 8.69. The second kappa shape index (κ2) is 6.48. The van der Waals surface area contributed by atoms with Gasteiger partial charge in [-0.1, -0.05) is 36.4 Å². The van der Waals surface area contributed by atoms with Crippen molar-refractivity contribution in [2.45, 2.75) is 0 Å². The summed E-state index contributed by atoms with van der Waals surface area (Å²) in [6.07, 6.45) is 3.41. The van der Waals surface area contributed by atoms with Crippen molar-refractivity contribution in [2.75, 3.05) is 0 Å². The van der Waals surface area contributed by atoms with E-state index in [0.29, 0.717) is 11.5 Å². The normalized spacial score (nSPS) is 11.4. The molecule has 3 nitrogen and oxygen atoms in total. The van der Waals surface area contributed by atoms with Crippen molar-refractivity contribution >= 4 is 23.8 Å².